The molecule has 0 saturated heterocycles. The van der Waals surface area contributed by atoms with E-state index in [9.17, 15) is 0 Å². The van der Waals surface area contributed by atoms with Gasteiger partial charge in [0.1, 0.15) is 5.82 Å². The van der Waals surface area contributed by atoms with Crippen LogP contribution in [0.15, 0.2) is 30.5 Å². The lowest BCUT2D eigenvalue weighted by Crippen LogP contribution is -2.05. The third-order valence-corrected chi connectivity index (χ3v) is 3.06. The number of aryl methyl sites for hydroxylation is 1. The molecule has 1 heterocycles. The Morgan fingerprint density at radius 3 is 2.89 bits per heavy atom. The van der Waals surface area contributed by atoms with Crippen molar-refractivity contribution in [2.45, 2.75) is 13.8 Å². The molecule has 0 amide bonds. The average Bonchev–Trinajstić information content (AvgIpc) is 2.34. The molecule has 1 aromatic carbocycles. The van der Waals surface area contributed by atoms with E-state index in [1.54, 1.807) is 0 Å². The summed E-state index contributed by atoms with van der Waals surface area (Å²) >= 11 is 2.29. The Morgan fingerprint density at radius 2 is 2.17 bits per heavy atom. The van der Waals surface area contributed by atoms with Crippen LogP contribution in [0.5, 0.6) is 0 Å². The van der Waals surface area contributed by atoms with Gasteiger partial charge in [-0.2, -0.15) is 4.98 Å². The monoisotopic (exact) mass is 354 g/mol. The van der Waals surface area contributed by atoms with Crippen LogP contribution in [-0.4, -0.2) is 16.5 Å². The molecular weight excluding hydrogens is 339 g/mol. The molecule has 1 aromatic heterocycles. The Morgan fingerprint density at radius 1 is 1.33 bits per heavy atom. The highest BCUT2D eigenvalue weighted by Gasteiger charge is 2.04. The van der Waals surface area contributed by atoms with Gasteiger partial charge in [-0.15, -0.1) is 0 Å². The zero-order valence-corrected chi connectivity index (χ0v) is 12.5. The number of nitrogens with zero attached hydrogens (tertiary/aromatic N) is 2. The molecule has 0 aliphatic rings. The number of halogens is 1. The van der Waals surface area contributed by atoms with Crippen molar-refractivity contribution in [1.82, 2.24) is 9.97 Å². The number of rotatable bonds is 4. The minimum atomic E-state index is 0.649. The summed E-state index contributed by atoms with van der Waals surface area (Å²) in [5.74, 6) is 1.49. The van der Waals surface area contributed by atoms with Gasteiger partial charge >= 0.3 is 0 Å². The average molecular weight is 354 g/mol. The maximum atomic E-state index is 4.45. The van der Waals surface area contributed by atoms with E-state index in [1.807, 2.05) is 32.2 Å². The highest BCUT2D eigenvalue weighted by atomic mass is 127. The summed E-state index contributed by atoms with van der Waals surface area (Å²) in [6.07, 6.45) is 1.82. The molecule has 0 aliphatic heterocycles. The molecule has 0 fully saturated rings. The van der Waals surface area contributed by atoms with Gasteiger partial charge in [-0.1, -0.05) is 6.07 Å². The van der Waals surface area contributed by atoms with Crippen LogP contribution < -0.4 is 10.6 Å². The van der Waals surface area contributed by atoms with Gasteiger partial charge in [0.15, 0.2) is 0 Å². The van der Waals surface area contributed by atoms with Crippen molar-refractivity contribution in [2.75, 3.05) is 17.2 Å². The van der Waals surface area contributed by atoms with Gasteiger partial charge in [-0.05, 0) is 54.6 Å². The molecule has 5 heteroatoms. The highest BCUT2D eigenvalue weighted by Crippen LogP contribution is 2.20. The first-order valence-corrected chi connectivity index (χ1v) is 6.87. The van der Waals surface area contributed by atoms with E-state index in [1.165, 1.54) is 3.57 Å². The van der Waals surface area contributed by atoms with E-state index in [2.05, 4.69) is 55.3 Å². The van der Waals surface area contributed by atoms with Crippen LogP contribution >= 0.6 is 22.6 Å². The van der Waals surface area contributed by atoms with Crippen LogP contribution in [0.2, 0.25) is 0 Å². The fourth-order valence-corrected chi connectivity index (χ4v) is 2.06. The zero-order valence-electron chi connectivity index (χ0n) is 10.4. The van der Waals surface area contributed by atoms with Gasteiger partial charge in [0.2, 0.25) is 5.95 Å². The minimum absolute atomic E-state index is 0.649. The molecule has 2 rings (SSSR count). The smallest absolute Gasteiger partial charge is 0.224 e. The van der Waals surface area contributed by atoms with E-state index in [0.29, 0.717) is 5.95 Å². The molecule has 0 saturated carbocycles. The van der Waals surface area contributed by atoms with Crippen LogP contribution in [0.25, 0.3) is 0 Å². The fraction of sp³-hybridized carbons (Fsp3) is 0.231. The first kappa shape index (κ1) is 13.1. The van der Waals surface area contributed by atoms with E-state index in [4.69, 9.17) is 0 Å². The van der Waals surface area contributed by atoms with Crippen molar-refractivity contribution in [1.29, 1.82) is 0 Å². The molecule has 18 heavy (non-hydrogen) atoms. The predicted octanol–water partition coefficient (Wildman–Crippen LogP) is 3.57. The molecule has 0 unspecified atom stereocenters. The molecular formula is C13H15IN4. The summed E-state index contributed by atoms with van der Waals surface area (Å²) < 4.78 is 1.19. The molecule has 2 N–H and O–H groups in total. The number of anilines is 3. The summed E-state index contributed by atoms with van der Waals surface area (Å²) in [5.41, 5.74) is 2.06. The second-order valence-corrected chi connectivity index (χ2v) is 5.14. The molecule has 0 atom stereocenters. The van der Waals surface area contributed by atoms with Crippen LogP contribution in [-0.2, 0) is 0 Å². The number of hydrogen-bond acceptors (Lipinski definition) is 4. The number of hydrogen-bond donors (Lipinski definition) is 2. The molecule has 0 spiro atoms. The highest BCUT2D eigenvalue weighted by molar-refractivity contribution is 14.1. The van der Waals surface area contributed by atoms with Gasteiger partial charge in [-0.25, -0.2) is 4.98 Å². The first-order chi connectivity index (χ1) is 8.69. The number of nitrogens with one attached hydrogen (secondary N) is 2. The van der Waals surface area contributed by atoms with E-state index in [-0.39, 0.29) is 0 Å². The second-order valence-electron chi connectivity index (χ2n) is 3.89. The van der Waals surface area contributed by atoms with Crippen molar-refractivity contribution >= 4 is 40.0 Å². The minimum Gasteiger partial charge on any atom is -0.354 e. The molecule has 94 valence electrons. The molecule has 0 radical (unpaired) electrons. The first-order valence-electron chi connectivity index (χ1n) is 5.79. The third-order valence-electron chi connectivity index (χ3n) is 2.39. The standard InChI is InChI=1S/C13H15IN4/c1-3-15-13-16-8-9(2)12(18-13)17-11-6-4-5-10(14)7-11/h4-8H,3H2,1-2H3,(H2,15,16,17,18). The maximum Gasteiger partial charge on any atom is 0.224 e. The number of benzene rings is 1. The van der Waals surface area contributed by atoms with Crippen LogP contribution in [0.3, 0.4) is 0 Å². The molecule has 4 nitrogen and oxygen atoms in total. The lowest BCUT2D eigenvalue weighted by molar-refractivity contribution is 1.07. The topological polar surface area (TPSA) is 49.8 Å². The van der Waals surface area contributed by atoms with Gasteiger partial charge in [0, 0.05) is 27.6 Å². The Bertz CT molecular complexity index is 542. The second kappa shape index (κ2) is 5.99. The van der Waals surface area contributed by atoms with E-state index >= 15 is 0 Å². The predicted molar refractivity (Wildman–Crippen MR) is 83.4 cm³/mol. The SMILES string of the molecule is CCNc1ncc(C)c(Nc2cccc(I)c2)n1. The zero-order chi connectivity index (χ0) is 13.0. The van der Waals surface area contributed by atoms with Crippen LogP contribution in [0, 0.1) is 10.5 Å². The summed E-state index contributed by atoms with van der Waals surface area (Å²) in [6, 6.07) is 8.18. The Labute approximate surface area is 120 Å². The molecule has 2 aromatic rings. The Hall–Kier alpha value is -1.37. The van der Waals surface area contributed by atoms with Crippen molar-refractivity contribution in [3.05, 3.63) is 39.6 Å². The summed E-state index contributed by atoms with van der Waals surface area (Å²) in [4.78, 5) is 8.68. The van der Waals surface area contributed by atoms with Gasteiger partial charge < -0.3 is 10.6 Å². The van der Waals surface area contributed by atoms with Gasteiger partial charge in [-0.3, -0.25) is 0 Å². The normalized spacial score (nSPS) is 10.2. The van der Waals surface area contributed by atoms with Gasteiger partial charge in [0.25, 0.3) is 0 Å². The van der Waals surface area contributed by atoms with E-state index < -0.39 is 0 Å². The fourth-order valence-electron chi connectivity index (χ4n) is 1.51. The van der Waals surface area contributed by atoms with Crippen LogP contribution in [0.4, 0.5) is 17.5 Å². The van der Waals surface area contributed by atoms with Gasteiger partial charge in [0.05, 0.1) is 0 Å². The quantitative estimate of drug-likeness (QED) is 0.825. The van der Waals surface area contributed by atoms with Crippen molar-refractivity contribution in [3.8, 4) is 0 Å². The number of aromatic nitrogens is 2. The summed E-state index contributed by atoms with van der Waals surface area (Å²) in [5, 5.41) is 6.42. The summed E-state index contributed by atoms with van der Waals surface area (Å²) in [6.45, 7) is 4.83. The van der Waals surface area contributed by atoms with Crippen molar-refractivity contribution in [3.63, 3.8) is 0 Å². The van der Waals surface area contributed by atoms with Crippen molar-refractivity contribution < 1.29 is 0 Å². The van der Waals surface area contributed by atoms with Crippen LogP contribution in [0.1, 0.15) is 12.5 Å². The summed E-state index contributed by atoms with van der Waals surface area (Å²) in [7, 11) is 0. The Kier molecular flexibility index (Phi) is 4.35. The molecule has 0 bridgehead atoms. The Balaban J connectivity index is 2.25. The maximum absolute atomic E-state index is 4.45. The lowest BCUT2D eigenvalue weighted by atomic mass is 10.3. The lowest BCUT2D eigenvalue weighted by Gasteiger charge is -2.10. The largest absolute Gasteiger partial charge is 0.354 e. The van der Waals surface area contributed by atoms with E-state index in [0.717, 1.165) is 23.6 Å². The van der Waals surface area contributed by atoms with Crippen molar-refractivity contribution in [2.24, 2.45) is 0 Å². The third kappa shape index (κ3) is 3.32. The molecule has 0 aliphatic carbocycles.